The van der Waals surface area contributed by atoms with Gasteiger partial charge in [0, 0.05) is 19.8 Å². The van der Waals surface area contributed by atoms with Crippen LogP contribution in [0.1, 0.15) is 60.3 Å². The SMILES string of the molecule is C=CC.CCCCC(CC)CO.CCOCC.OCCO. The van der Waals surface area contributed by atoms with Crippen molar-refractivity contribution >= 4 is 0 Å². The molecular formula is C17H40O4. The number of unbranched alkanes of at least 4 members (excludes halogenated alkanes) is 1. The normalized spacial score (nSPS) is 9.90. The third-order valence-electron chi connectivity index (χ3n) is 2.31. The molecule has 132 valence electrons. The van der Waals surface area contributed by atoms with Crippen LogP contribution in [0.5, 0.6) is 0 Å². The van der Waals surface area contributed by atoms with Crippen molar-refractivity contribution in [1.29, 1.82) is 0 Å². The molecule has 0 radical (unpaired) electrons. The summed E-state index contributed by atoms with van der Waals surface area (Å²) in [7, 11) is 0. The van der Waals surface area contributed by atoms with Gasteiger partial charge < -0.3 is 20.1 Å². The molecule has 21 heavy (non-hydrogen) atoms. The van der Waals surface area contributed by atoms with Gasteiger partial charge in [-0.05, 0) is 33.1 Å². The van der Waals surface area contributed by atoms with Crippen molar-refractivity contribution < 1.29 is 20.1 Å². The van der Waals surface area contributed by atoms with Crippen LogP contribution in [-0.4, -0.2) is 48.4 Å². The van der Waals surface area contributed by atoms with Gasteiger partial charge in [-0.1, -0.05) is 39.2 Å². The summed E-state index contributed by atoms with van der Waals surface area (Å²) >= 11 is 0. The average Bonchev–Trinajstić information content (AvgIpc) is 2.51. The highest BCUT2D eigenvalue weighted by molar-refractivity contribution is 4.53. The molecule has 0 saturated carbocycles. The molecule has 1 unspecified atom stereocenters. The second-order valence-electron chi connectivity index (χ2n) is 4.24. The summed E-state index contributed by atoms with van der Waals surface area (Å²) in [5.74, 6) is 0.560. The van der Waals surface area contributed by atoms with E-state index < -0.39 is 0 Å². The van der Waals surface area contributed by atoms with E-state index in [9.17, 15) is 0 Å². The summed E-state index contributed by atoms with van der Waals surface area (Å²) in [6, 6.07) is 0. The number of hydrogen-bond acceptors (Lipinski definition) is 4. The molecule has 3 N–H and O–H groups in total. The molecule has 4 nitrogen and oxygen atoms in total. The quantitative estimate of drug-likeness (QED) is 0.601. The number of allylic oxidation sites excluding steroid dienone is 1. The average molecular weight is 309 g/mol. The van der Waals surface area contributed by atoms with Gasteiger partial charge in [-0.15, -0.1) is 6.58 Å². The summed E-state index contributed by atoms with van der Waals surface area (Å²) in [4.78, 5) is 0. The van der Waals surface area contributed by atoms with Crippen LogP contribution in [0.15, 0.2) is 12.7 Å². The first kappa shape index (κ1) is 28.7. The zero-order valence-corrected chi connectivity index (χ0v) is 15.0. The third kappa shape index (κ3) is 54.1. The zero-order chi connectivity index (χ0) is 17.4. The van der Waals surface area contributed by atoms with E-state index in [1.807, 2.05) is 20.8 Å². The van der Waals surface area contributed by atoms with Crippen molar-refractivity contribution in [3.05, 3.63) is 12.7 Å². The Kier molecular flexibility index (Phi) is 50.1. The molecule has 0 spiro atoms. The standard InChI is InChI=1S/C8H18O.C4H10O.C3H6.C2H6O2/c1-3-5-6-8(4-2)7-9;1-3-5-4-2;1-3-2;3-1-2-4/h8-9H,3-7H2,1-2H3;3-4H2,1-2H3;3H,1H2,2H3;3-4H,1-2H2. The van der Waals surface area contributed by atoms with Crippen LogP contribution in [0.25, 0.3) is 0 Å². The van der Waals surface area contributed by atoms with Gasteiger partial charge in [0.15, 0.2) is 0 Å². The topological polar surface area (TPSA) is 69.9 Å². The molecule has 0 fully saturated rings. The van der Waals surface area contributed by atoms with Gasteiger partial charge >= 0.3 is 0 Å². The number of rotatable bonds is 8. The summed E-state index contributed by atoms with van der Waals surface area (Å²) in [6.07, 6.45) is 6.58. The highest BCUT2D eigenvalue weighted by Crippen LogP contribution is 2.10. The molecule has 0 rings (SSSR count). The Morgan fingerprint density at radius 3 is 1.57 bits per heavy atom. The minimum Gasteiger partial charge on any atom is -0.396 e. The van der Waals surface area contributed by atoms with Gasteiger partial charge in [-0.25, -0.2) is 0 Å². The van der Waals surface area contributed by atoms with Crippen LogP contribution in [0, 0.1) is 5.92 Å². The van der Waals surface area contributed by atoms with Crippen LogP contribution in [0.3, 0.4) is 0 Å². The van der Waals surface area contributed by atoms with E-state index in [0.717, 1.165) is 19.6 Å². The van der Waals surface area contributed by atoms with Crippen LogP contribution in [0.2, 0.25) is 0 Å². The Bertz CT molecular complexity index is 133. The van der Waals surface area contributed by atoms with Crippen molar-refractivity contribution in [2.24, 2.45) is 5.92 Å². The van der Waals surface area contributed by atoms with E-state index in [-0.39, 0.29) is 13.2 Å². The maximum absolute atomic E-state index is 8.75. The summed E-state index contributed by atoms with van der Waals surface area (Å²) < 4.78 is 4.83. The third-order valence-corrected chi connectivity index (χ3v) is 2.31. The summed E-state index contributed by atoms with van der Waals surface area (Å²) in [5, 5.41) is 24.0. The lowest BCUT2D eigenvalue weighted by Gasteiger charge is -2.08. The predicted molar refractivity (Wildman–Crippen MR) is 92.6 cm³/mol. The van der Waals surface area contributed by atoms with Crippen LogP contribution in [0.4, 0.5) is 0 Å². The van der Waals surface area contributed by atoms with Gasteiger partial charge in [-0.3, -0.25) is 0 Å². The molecule has 0 aromatic heterocycles. The fourth-order valence-electron chi connectivity index (χ4n) is 1.12. The van der Waals surface area contributed by atoms with Gasteiger partial charge in [-0.2, -0.15) is 0 Å². The first-order valence-corrected chi connectivity index (χ1v) is 8.06. The minimum absolute atomic E-state index is 0.125. The number of aliphatic hydroxyl groups is 3. The number of ether oxygens (including phenoxy) is 1. The van der Waals surface area contributed by atoms with Crippen molar-refractivity contribution in [1.82, 2.24) is 0 Å². The Morgan fingerprint density at radius 2 is 1.43 bits per heavy atom. The molecule has 0 aliphatic heterocycles. The molecule has 0 saturated heterocycles. The second kappa shape index (κ2) is 36.7. The largest absolute Gasteiger partial charge is 0.396 e. The molecule has 0 amide bonds. The van der Waals surface area contributed by atoms with E-state index in [0.29, 0.717) is 12.5 Å². The molecule has 0 bridgehead atoms. The molecule has 0 aromatic rings. The van der Waals surface area contributed by atoms with Gasteiger partial charge in [0.1, 0.15) is 0 Å². The monoisotopic (exact) mass is 308 g/mol. The molecule has 0 aromatic carbocycles. The van der Waals surface area contributed by atoms with Gasteiger partial charge in [0.25, 0.3) is 0 Å². The van der Waals surface area contributed by atoms with Crippen molar-refractivity contribution in [3.8, 4) is 0 Å². The first-order chi connectivity index (χ1) is 10.1. The molecule has 0 heterocycles. The second-order valence-corrected chi connectivity index (χ2v) is 4.24. The lowest BCUT2D eigenvalue weighted by Crippen LogP contribution is -2.03. The predicted octanol–water partition coefficient (Wildman–Crippen LogP) is 3.40. The lowest BCUT2D eigenvalue weighted by atomic mass is 10.0. The number of hydrogen-bond donors (Lipinski definition) is 3. The van der Waals surface area contributed by atoms with Crippen molar-refractivity contribution in [2.75, 3.05) is 33.0 Å². The molecule has 1 atom stereocenters. The Labute approximate surface area is 132 Å². The molecular weight excluding hydrogens is 268 g/mol. The molecule has 0 aliphatic rings. The summed E-state index contributed by atoms with van der Waals surface area (Å²) in [5.41, 5.74) is 0. The van der Waals surface area contributed by atoms with Crippen LogP contribution in [-0.2, 0) is 4.74 Å². The Hall–Kier alpha value is -0.420. The minimum atomic E-state index is -0.125. The lowest BCUT2D eigenvalue weighted by molar-refractivity contribution is 0.162. The summed E-state index contributed by atoms with van der Waals surface area (Å²) in [6.45, 7) is 15.4. The molecule has 4 heteroatoms. The first-order valence-electron chi connectivity index (χ1n) is 8.06. The van der Waals surface area contributed by atoms with Gasteiger partial charge in [0.05, 0.1) is 13.2 Å². The maximum atomic E-state index is 8.75. The van der Waals surface area contributed by atoms with Crippen LogP contribution >= 0.6 is 0 Å². The van der Waals surface area contributed by atoms with E-state index in [2.05, 4.69) is 20.4 Å². The maximum Gasteiger partial charge on any atom is 0.0662 e. The number of aliphatic hydroxyl groups excluding tert-OH is 3. The fraction of sp³-hybridized carbons (Fsp3) is 0.882. The smallest absolute Gasteiger partial charge is 0.0662 e. The van der Waals surface area contributed by atoms with E-state index in [1.165, 1.54) is 19.3 Å². The van der Waals surface area contributed by atoms with Gasteiger partial charge in [0.2, 0.25) is 0 Å². The van der Waals surface area contributed by atoms with E-state index in [1.54, 1.807) is 6.08 Å². The Morgan fingerprint density at radius 1 is 1.00 bits per heavy atom. The zero-order valence-electron chi connectivity index (χ0n) is 15.0. The molecule has 0 aliphatic carbocycles. The van der Waals surface area contributed by atoms with Crippen molar-refractivity contribution in [3.63, 3.8) is 0 Å². The van der Waals surface area contributed by atoms with Crippen LogP contribution < -0.4 is 0 Å². The highest BCUT2D eigenvalue weighted by Gasteiger charge is 2.01. The van der Waals surface area contributed by atoms with E-state index >= 15 is 0 Å². The highest BCUT2D eigenvalue weighted by atomic mass is 16.5. The van der Waals surface area contributed by atoms with E-state index in [4.69, 9.17) is 20.1 Å². The van der Waals surface area contributed by atoms with Crippen molar-refractivity contribution in [2.45, 2.75) is 60.3 Å². The fourth-order valence-corrected chi connectivity index (χ4v) is 1.12. The Balaban J connectivity index is -0.000000102.